The van der Waals surface area contributed by atoms with E-state index in [9.17, 15) is 0 Å². The van der Waals surface area contributed by atoms with E-state index >= 15 is 0 Å². The highest BCUT2D eigenvalue weighted by Crippen LogP contribution is 2.13. The third kappa shape index (κ3) is 30.7. The van der Waals surface area contributed by atoms with E-state index in [1.807, 2.05) is 0 Å². The zero-order valence-electron chi connectivity index (χ0n) is 16.8. The molecule has 23 heavy (non-hydrogen) atoms. The zero-order valence-corrected chi connectivity index (χ0v) is 17.6. The Labute approximate surface area is 154 Å². The normalized spacial score (nSPS) is 10.4. The van der Waals surface area contributed by atoms with Crippen molar-refractivity contribution in [3.63, 3.8) is 0 Å². The average molecular weight is 347 g/mol. The van der Waals surface area contributed by atoms with Gasteiger partial charge in [-0.3, -0.25) is 0 Å². The summed E-state index contributed by atoms with van der Waals surface area (Å²) >= 11 is 5.38. The fourth-order valence-electron chi connectivity index (χ4n) is 2.79. The van der Waals surface area contributed by atoms with Gasteiger partial charge in [0.25, 0.3) is 0 Å². The van der Waals surface area contributed by atoms with E-state index < -0.39 is 0 Å². The van der Waals surface area contributed by atoms with Crippen LogP contribution in [0.2, 0.25) is 0 Å². The molecule has 0 saturated heterocycles. The van der Waals surface area contributed by atoms with E-state index in [2.05, 4.69) is 20.8 Å². The average Bonchev–Trinajstić information content (AvgIpc) is 2.58. The summed E-state index contributed by atoms with van der Waals surface area (Å²) < 4.78 is 0. The molecule has 1 heteroatoms. The number of halogens is 1. The fourth-order valence-corrected chi connectivity index (χ4v) is 2.98. The summed E-state index contributed by atoms with van der Waals surface area (Å²) in [4.78, 5) is 0. The summed E-state index contributed by atoms with van der Waals surface area (Å²) in [6.07, 6.45) is 25.6. The second-order valence-electron chi connectivity index (χ2n) is 6.99. The van der Waals surface area contributed by atoms with Crippen LogP contribution in [0.15, 0.2) is 0 Å². The number of hydrogen-bond donors (Lipinski definition) is 0. The summed E-state index contributed by atoms with van der Waals surface area (Å²) in [6, 6.07) is 0. The highest BCUT2D eigenvalue weighted by atomic mass is 35.5. The minimum atomic E-state index is 0.827. The van der Waals surface area contributed by atoms with Gasteiger partial charge in [0.1, 0.15) is 0 Å². The van der Waals surface area contributed by atoms with Crippen molar-refractivity contribution in [2.45, 2.75) is 136 Å². The van der Waals surface area contributed by atoms with Gasteiger partial charge in [0, 0.05) is 5.88 Å². The molecular weight excluding hydrogens is 300 g/mol. The smallest absolute Gasteiger partial charge is 0.0223 e. The first-order valence-corrected chi connectivity index (χ1v) is 11.4. The van der Waals surface area contributed by atoms with Crippen molar-refractivity contribution < 1.29 is 0 Å². The quantitative estimate of drug-likeness (QED) is 0.182. The number of rotatable bonds is 17. The first kappa shape index (κ1) is 25.5. The summed E-state index contributed by atoms with van der Waals surface area (Å²) in [6.45, 7) is 6.76. The molecule has 0 heterocycles. The minimum Gasteiger partial charge on any atom is -0.127 e. The molecule has 0 saturated carbocycles. The van der Waals surface area contributed by atoms with Crippen LogP contribution < -0.4 is 0 Å². The van der Waals surface area contributed by atoms with E-state index in [1.54, 1.807) is 0 Å². The molecule has 0 aliphatic rings. The monoisotopic (exact) mass is 346 g/mol. The van der Waals surface area contributed by atoms with E-state index in [-0.39, 0.29) is 0 Å². The van der Waals surface area contributed by atoms with Crippen molar-refractivity contribution in [3.05, 3.63) is 0 Å². The second-order valence-corrected chi connectivity index (χ2v) is 7.37. The Balaban J connectivity index is 0. The van der Waals surface area contributed by atoms with Crippen LogP contribution in [0.3, 0.4) is 0 Å². The van der Waals surface area contributed by atoms with Crippen LogP contribution >= 0.6 is 11.6 Å². The first-order valence-electron chi connectivity index (χ1n) is 10.9. The maximum absolute atomic E-state index is 5.38. The van der Waals surface area contributed by atoms with Gasteiger partial charge in [0.15, 0.2) is 0 Å². The zero-order chi connectivity index (χ0) is 17.4. The molecule has 0 rings (SSSR count). The Hall–Kier alpha value is 0.290. The third-order valence-corrected chi connectivity index (χ3v) is 4.71. The van der Waals surface area contributed by atoms with Crippen molar-refractivity contribution in [1.29, 1.82) is 0 Å². The Bertz CT molecular complexity index is 149. The standard InChI is InChI=1S/C17H36.C5H11Cl/c1-3-5-7-9-11-13-15-17-16-14-12-10-8-6-4-2;1-2-3-4-5-6/h3-17H2,1-2H3;2-5H2,1H3. The fraction of sp³-hybridized carbons (Fsp3) is 1.00. The molecule has 0 atom stereocenters. The van der Waals surface area contributed by atoms with Gasteiger partial charge in [-0.2, -0.15) is 0 Å². The van der Waals surface area contributed by atoms with Crippen molar-refractivity contribution in [2.24, 2.45) is 0 Å². The Morgan fingerprint density at radius 2 is 0.565 bits per heavy atom. The maximum Gasteiger partial charge on any atom is 0.0223 e. The summed E-state index contributed by atoms with van der Waals surface area (Å²) in [7, 11) is 0. The van der Waals surface area contributed by atoms with Crippen LogP contribution in [0.5, 0.6) is 0 Å². The Kier molecular flexibility index (Phi) is 30.1. The number of hydrogen-bond acceptors (Lipinski definition) is 0. The molecule has 0 aromatic carbocycles. The molecule has 0 amide bonds. The lowest BCUT2D eigenvalue weighted by atomic mass is 10.0. The van der Waals surface area contributed by atoms with Gasteiger partial charge in [0.2, 0.25) is 0 Å². The molecule has 0 aromatic rings. The highest BCUT2D eigenvalue weighted by Gasteiger charge is 1.93. The van der Waals surface area contributed by atoms with E-state index in [1.165, 1.54) is 116 Å². The molecule has 0 aliphatic heterocycles. The summed E-state index contributed by atoms with van der Waals surface area (Å²) in [5.74, 6) is 0.827. The highest BCUT2D eigenvalue weighted by molar-refractivity contribution is 6.17. The molecule has 142 valence electrons. The molecule has 0 radical (unpaired) electrons. The lowest BCUT2D eigenvalue weighted by molar-refractivity contribution is 0.534. The maximum atomic E-state index is 5.38. The van der Waals surface area contributed by atoms with Crippen LogP contribution in [-0.4, -0.2) is 5.88 Å². The SMILES string of the molecule is CCCCCCCCCCCCCCCCC.CCCCCCl. The van der Waals surface area contributed by atoms with Crippen LogP contribution in [0.4, 0.5) is 0 Å². The lowest BCUT2D eigenvalue weighted by Crippen LogP contribution is -1.82. The van der Waals surface area contributed by atoms with Gasteiger partial charge in [-0.05, 0) is 6.42 Å². The van der Waals surface area contributed by atoms with Gasteiger partial charge in [-0.15, -0.1) is 11.6 Å². The Morgan fingerprint density at radius 1 is 0.348 bits per heavy atom. The van der Waals surface area contributed by atoms with Gasteiger partial charge >= 0.3 is 0 Å². The molecule has 0 unspecified atom stereocenters. The topological polar surface area (TPSA) is 0 Å². The molecule has 0 aliphatic carbocycles. The molecule has 0 nitrogen and oxygen atoms in total. The number of alkyl halides is 1. The number of unbranched alkanes of at least 4 members (excludes halogenated alkanes) is 16. The molecule has 0 spiro atoms. The predicted molar refractivity (Wildman–Crippen MR) is 111 cm³/mol. The van der Waals surface area contributed by atoms with Crippen molar-refractivity contribution >= 4 is 11.6 Å². The van der Waals surface area contributed by atoms with Crippen LogP contribution in [0.25, 0.3) is 0 Å². The van der Waals surface area contributed by atoms with Crippen molar-refractivity contribution in [2.75, 3.05) is 5.88 Å². The lowest BCUT2D eigenvalue weighted by Gasteiger charge is -2.02. The van der Waals surface area contributed by atoms with Gasteiger partial charge in [-0.1, -0.05) is 130 Å². The van der Waals surface area contributed by atoms with E-state index in [0.717, 1.165) is 5.88 Å². The molecule has 0 aromatic heterocycles. The predicted octanol–water partition coefficient (Wildman–Crippen LogP) is 9.29. The van der Waals surface area contributed by atoms with Gasteiger partial charge < -0.3 is 0 Å². The largest absolute Gasteiger partial charge is 0.127 e. The molecule has 0 N–H and O–H groups in total. The molecule has 0 bridgehead atoms. The van der Waals surface area contributed by atoms with Crippen molar-refractivity contribution in [3.8, 4) is 0 Å². The first-order chi connectivity index (χ1) is 11.3. The third-order valence-electron chi connectivity index (χ3n) is 4.44. The van der Waals surface area contributed by atoms with Crippen LogP contribution in [-0.2, 0) is 0 Å². The minimum absolute atomic E-state index is 0.827. The summed E-state index contributed by atoms with van der Waals surface area (Å²) in [5.41, 5.74) is 0. The van der Waals surface area contributed by atoms with Gasteiger partial charge in [0.05, 0.1) is 0 Å². The van der Waals surface area contributed by atoms with Gasteiger partial charge in [-0.25, -0.2) is 0 Å². The van der Waals surface area contributed by atoms with Crippen LogP contribution in [0.1, 0.15) is 136 Å². The second kappa shape index (κ2) is 27.2. The Morgan fingerprint density at radius 3 is 0.739 bits per heavy atom. The van der Waals surface area contributed by atoms with Crippen LogP contribution in [0, 0.1) is 0 Å². The summed E-state index contributed by atoms with van der Waals surface area (Å²) in [5, 5.41) is 0. The molecule has 0 fully saturated rings. The molecular formula is C22H47Cl. The van der Waals surface area contributed by atoms with Crippen molar-refractivity contribution in [1.82, 2.24) is 0 Å². The van der Waals surface area contributed by atoms with E-state index in [0.29, 0.717) is 0 Å². The van der Waals surface area contributed by atoms with E-state index in [4.69, 9.17) is 11.6 Å².